The van der Waals surface area contributed by atoms with Crippen molar-refractivity contribution in [2.24, 2.45) is 0 Å². The van der Waals surface area contributed by atoms with E-state index in [0.29, 0.717) is 25.4 Å². The molecular weight excluding hydrogens is 245 g/mol. The second kappa shape index (κ2) is 6.66. The fourth-order valence-corrected chi connectivity index (χ4v) is 2.33. The van der Waals surface area contributed by atoms with Crippen molar-refractivity contribution < 1.29 is 14.3 Å². The van der Waals surface area contributed by atoms with Gasteiger partial charge in [-0.05, 0) is 43.4 Å². The highest BCUT2D eigenvalue weighted by Crippen LogP contribution is 2.25. The minimum atomic E-state index is -0.285. The molecule has 3 nitrogen and oxygen atoms in total. The number of halogens is 1. The molecule has 0 radical (unpaired) electrons. The molecule has 1 amide bonds. The fourth-order valence-electron chi connectivity index (χ4n) is 2.33. The van der Waals surface area contributed by atoms with Crippen molar-refractivity contribution in [1.29, 1.82) is 0 Å². The number of amides is 1. The van der Waals surface area contributed by atoms with E-state index in [4.69, 9.17) is 5.11 Å². The molecule has 1 aromatic carbocycles. The predicted octanol–water partition coefficient (Wildman–Crippen LogP) is 2.13. The molecule has 0 aliphatic heterocycles. The van der Waals surface area contributed by atoms with Gasteiger partial charge in [0.15, 0.2) is 0 Å². The Morgan fingerprint density at radius 2 is 2.00 bits per heavy atom. The van der Waals surface area contributed by atoms with Crippen molar-refractivity contribution in [2.75, 3.05) is 13.2 Å². The van der Waals surface area contributed by atoms with Gasteiger partial charge in [0.25, 0.3) is 0 Å². The summed E-state index contributed by atoms with van der Waals surface area (Å²) in [6.45, 7) is 0.717. The lowest BCUT2D eigenvalue weighted by Crippen LogP contribution is -2.45. The number of nitrogens with zero attached hydrogens (tertiary/aromatic N) is 1. The number of rotatable bonds is 6. The van der Waals surface area contributed by atoms with E-state index < -0.39 is 0 Å². The van der Waals surface area contributed by atoms with Gasteiger partial charge in [-0.2, -0.15) is 0 Å². The maximum absolute atomic E-state index is 12.8. The zero-order chi connectivity index (χ0) is 13.7. The van der Waals surface area contributed by atoms with E-state index in [1.807, 2.05) is 4.90 Å². The van der Waals surface area contributed by atoms with Crippen LogP contribution in [0, 0.1) is 5.82 Å². The average molecular weight is 265 g/mol. The van der Waals surface area contributed by atoms with Crippen LogP contribution in [0.15, 0.2) is 24.3 Å². The van der Waals surface area contributed by atoms with Gasteiger partial charge in [-0.1, -0.05) is 12.1 Å². The van der Waals surface area contributed by atoms with Crippen LogP contribution in [0.3, 0.4) is 0 Å². The summed E-state index contributed by atoms with van der Waals surface area (Å²) in [6, 6.07) is 6.39. The Labute approximate surface area is 113 Å². The maximum atomic E-state index is 12.8. The Morgan fingerprint density at radius 1 is 1.32 bits per heavy atom. The normalized spacial score (nSPS) is 15.1. The highest BCUT2D eigenvalue weighted by atomic mass is 19.1. The van der Waals surface area contributed by atoms with Crippen LogP contribution < -0.4 is 0 Å². The van der Waals surface area contributed by atoms with Crippen LogP contribution in [-0.4, -0.2) is 35.1 Å². The number of carbonyl (C=O) groups is 1. The Balaban J connectivity index is 1.96. The Bertz CT molecular complexity index is 415. The number of hydrogen-bond donors (Lipinski definition) is 1. The standard InChI is InChI=1S/C15H20FNO2/c16-13-7-5-12(6-8-13)11-15(19)17(9-2-10-18)14-3-1-4-14/h5-8,14,18H,1-4,9-11H2. The van der Waals surface area contributed by atoms with Gasteiger partial charge in [-0.3, -0.25) is 4.79 Å². The molecule has 0 aromatic heterocycles. The third-order valence-corrected chi connectivity index (χ3v) is 3.66. The number of aliphatic hydroxyl groups excluding tert-OH is 1. The van der Waals surface area contributed by atoms with E-state index in [2.05, 4.69) is 0 Å². The second-order valence-electron chi connectivity index (χ2n) is 5.05. The first-order chi connectivity index (χ1) is 9.20. The summed E-state index contributed by atoms with van der Waals surface area (Å²) < 4.78 is 12.8. The molecule has 2 rings (SSSR count). The summed E-state index contributed by atoms with van der Waals surface area (Å²) in [5.41, 5.74) is 0.833. The first kappa shape index (κ1) is 14.0. The van der Waals surface area contributed by atoms with Crippen LogP contribution in [0.2, 0.25) is 0 Å². The summed E-state index contributed by atoms with van der Waals surface area (Å²) in [7, 11) is 0. The van der Waals surface area contributed by atoms with Crippen LogP contribution in [0.4, 0.5) is 4.39 Å². The first-order valence-corrected chi connectivity index (χ1v) is 6.85. The van der Waals surface area contributed by atoms with Crippen molar-refractivity contribution in [3.8, 4) is 0 Å². The number of aliphatic hydroxyl groups is 1. The van der Waals surface area contributed by atoms with E-state index in [0.717, 1.165) is 18.4 Å². The fraction of sp³-hybridized carbons (Fsp3) is 0.533. The van der Waals surface area contributed by atoms with Crippen molar-refractivity contribution in [2.45, 2.75) is 38.1 Å². The maximum Gasteiger partial charge on any atom is 0.227 e. The third kappa shape index (κ3) is 3.77. The topological polar surface area (TPSA) is 40.5 Å². The summed E-state index contributed by atoms with van der Waals surface area (Å²) in [4.78, 5) is 14.2. The molecule has 0 saturated heterocycles. The molecule has 1 saturated carbocycles. The molecule has 1 aromatic rings. The monoisotopic (exact) mass is 265 g/mol. The molecule has 4 heteroatoms. The van der Waals surface area contributed by atoms with E-state index in [-0.39, 0.29) is 18.3 Å². The van der Waals surface area contributed by atoms with E-state index in [1.54, 1.807) is 12.1 Å². The van der Waals surface area contributed by atoms with Gasteiger partial charge in [-0.25, -0.2) is 4.39 Å². The van der Waals surface area contributed by atoms with Crippen molar-refractivity contribution in [1.82, 2.24) is 4.90 Å². The summed E-state index contributed by atoms with van der Waals surface area (Å²) in [5.74, 6) is -0.211. The second-order valence-corrected chi connectivity index (χ2v) is 5.05. The number of hydrogen-bond acceptors (Lipinski definition) is 2. The molecule has 19 heavy (non-hydrogen) atoms. The lowest BCUT2D eigenvalue weighted by Gasteiger charge is -2.37. The molecule has 0 atom stereocenters. The zero-order valence-electron chi connectivity index (χ0n) is 11.0. The smallest absolute Gasteiger partial charge is 0.227 e. The summed E-state index contributed by atoms with van der Waals surface area (Å²) in [6.07, 6.45) is 4.21. The van der Waals surface area contributed by atoms with Gasteiger partial charge < -0.3 is 10.0 Å². The van der Waals surface area contributed by atoms with Gasteiger partial charge in [0.2, 0.25) is 5.91 Å². The van der Waals surface area contributed by atoms with E-state index in [9.17, 15) is 9.18 Å². The van der Waals surface area contributed by atoms with Gasteiger partial charge in [-0.15, -0.1) is 0 Å². The summed E-state index contributed by atoms with van der Waals surface area (Å²) >= 11 is 0. The first-order valence-electron chi connectivity index (χ1n) is 6.85. The molecular formula is C15H20FNO2. The van der Waals surface area contributed by atoms with Crippen LogP contribution in [-0.2, 0) is 11.2 Å². The molecule has 0 spiro atoms. The molecule has 0 bridgehead atoms. The van der Waals surface area contributed by atoms with Gasteiger partial charge in [0.05, 0.1) is 6.42 Å². The van der Waals surface area contributed by atoms with Crippen LogP contribution in [0.25, 0.3) is 0 Å². The minimum absolute atomic E-state index is 0.0739. The number of benzene rings is 1. The Morgan fingerprint density at radius 3 is 2.53 bits per heavy atom. The molecule has 0 unspecified atom stereocenters. The lowest BCUT2D eigenvalue weighted by atomic mass is 9.91. The third-order valence-electron chi connectivity index (χ3n) is 3.66. The van der Waals surface area contributed by atoms with Gasteiger partial charge >= 0.3 is 0 Å². The predicted molar refractivity (Wildman–Crippen MR) is 71.2 cm³/mol. The molecule has 104 valence electrons. The van der Waals surface area contributed by atoms with Gasteiger partial charge in [0, 0.05) is 19.2 Å². The molecule has 1 fully saturated rings. The Hall–Kier alpha value is -1.42. The number of carbonyl (C=O) groups excluding carboxylic acids is 1. The summed E-state index contributed by atoms with van der Waals surface area (Å²) in [5, 5.41) is 8.91. The average Bonchev–Trinajstić information content (AvgIpc) is 2.34. The van der Waals surface area contributed by atoms with Crippen LogP contribution in [0.1, 0.15) is 31.2 Å². The molecule has 1 aliphatic carbocycles. The molecule has 1 aliphatic rings. The van der Waals surface area contributed by atoms with Crippen molar-refractivity contribution >= 4 is 5.91 Å². The van der Waals surface area contributed by atoms with Crippen molar-refractivity contribution in [3.05, 3.63) is 35.6 Å². The van der Waals surface area contributed by atoms with E-state index in [1.165, 1.54) is 18.6 Å². The lowest BCUT2D eigenvalue weighted by molar-refractivity contribution is -0.134. The molecule has 0 heterocycles. The Kier molecular flexibility index (Phi) is 4.91. The van der Waals surface area contributed by atoms with E-state index >= 15 is 0 Å². The van der Waals surface area contributed by atoms with Crippen LogP contribution >= 0.6 is 0 Å². The zero-order valence-corrected chi connectivity index (χ0v) is 11.0. The van der Waals surface area contributed by atoms with Crippen molar-refractivity contribution in [3.63, 3.8) is 0 Å². The van der Waals surface area contributed by atoms with Crippen LogP contribution in [0.5, 0.6) is 0 Å². The minimum Gasteiger partial charge on any atom is -0.396 e. The highest BCUT2D eigenvalue weighted by molar-refractivity contribution is 5.79. The quantitative estimate of drug-likeness (QED) is 0.856. The largest absolute Gasteiger partial charge is 0.396 e. The molecule has 1 N–H and O–H groups in total. The SMILES string of the molecule is O=C(Cc1ccc(F)cc1)N(CCCO)C1CCC1. The highest BCUT2D eigenvalue weighted by Gasteiger charge is 2.28. The van der Waals surface area contributed by atoms with Gasteiger partial charge in [0.1, 0.15) is 5.82 Å².